The van der Waals surface area contributed by atoms with Crippen LogP contribution in [0.1, 0.15) is 77.0 Å². The van der Waals surface area contributed by atoms with Gasteiger partial charge in [-0.1, -0.05) is 112 Å². The van der Waals surface area contributed by atoms with Crippen LogP contribution in [0.15, 0.2) is 91.0 Å². The molecule has 10 nitrogen and oxygen atoms in total. The van der Waals surface area contributed by atoms with Crippen molar-refractivity contribution >= 4 is 8.32 Å². The molecule has 3 heterocycles. The summed E-state index contributed by atoms with van der Waals surface area (Å²) in [5, 5.41) is 0.141. The van der Waals surface area contributed by atoms with Gasteiger partial charge in [-0.15, -0.1) is 0 Å². The second kappa shape index (κ2) is 20.6. The molecule has 3 saturated heterocycles. The predicted molar refractivity (Wildman–Crippen MR) is 221 cm³/mol. The van der Waals surface area contributed by atoms with E-state index in [2.05, 4.69) is 40.8 Å². The number of rotatable bonds is 17. The van der Waals surface area contributed by atoms with Crippen LogP contribution < -0.4 is 0 Å². The van der Waals surface area contributed by atoms with Crippen molar-refractivity contribution in [1.29, 1.82) is 0 Å². The quantitative estimate of drug-likeness (QED) is 0.123. The van der Waals surface area contributed by atoms with Gasteiger partial charge in [0.05, 0.1) is 50.8 Å². The highest BCUT2D eigenvalue weighted by Gasteiger charge is 2.50. The third-order valence-electron chi connectivity index (χ3n) is 11.8. The maximum absolute atomic E-state index is 6.95. The zero-order chi connectivity index (χ0) is 40.4. The molecule has 0 radical (unpaired) electrons. The van der Waals surface area contributed by atoms with Crippen LogP contribution in [0.4, 0.5) is 0 Å². The third kappa shape index (κ3) is 12.3. The molecule has 3 aliphatic heterocycles. The first kappa shape index (κ1) is 44.0. The van der Waals surface area contributed by atoms with Crippen LogP contribution in [0.25, 0.3) is 0 Å². The first-order valence-electron chi connectivity index (χ1n) is 20.8. The Kier molecular flexibility index (Phi) is 15.9. The summed E-state index contributed by atoms with van der Waals surface area (Å²) < 4.78 is 65.6. The van der Waals surface area contributed by atoms with Gasteiger partial charge in [0.25, 0.3) is 0 Å². The van der Waals surface area contributed by atoms with Crippen LogP contribution in [0.3, 0.4) is 0 Å². The van der Waals surface area contributed by atoms with E-state index in [0.29, 0.717) is 26.2 Å². The molecule has 11 heteroatoms. The molecule has 0 N–H and O–H groups in total. The molecule has 3 fully saturated rings. The zero-order valence-corrected chi connectivity index (χ0v) is 36.3. The first-order valence-corrected chi connectivity index (χ1v) is 23.7. The Labute approximate surface area is 341 Å². The lowest BCUT2D eigenvalue weighted by Crippen LogP contribution is -2.62. The van der Waals surface area contributed by atoms with Gasteiger partial charge in [-0.3, -0.25) is 0 Å². The molecule has 0 unspecified atom stereocenters. The maximum Gasteiger partial charge on any atom is 0.192 e. The van der Waals surface area contributed by atoms with Crippen LogP contribution in [-0.2, 0) is 66.9 Å². The van der Waals surface area contributed by atoms with E-state index in [1.807, 2.05) is 97.9 Å². The maximum atomic E-state index is 6.95. The molecule has 0 aliphatic carbocycles. The molecule has 0 spiro atoms. The summed E-state index contributed by atoms with van der Waals surface area (Å²) in [6.45, 7) is 16.9. The number of methoxy groups -OCH3 is 1. The van der Waals surface area contributed by atoms with Gasteiger partial charge in [0.1, 0.15) is 24.4 Å². The van der Waals surface area contributed by atoms with Crippen molar-refractivity contribution in [2.24, 2.45) is 0 Å². The third-order valence-corrected chi connectivity index (χ3v) is 16.3. The van der Waals surface area contributed by atoms with Crippen LogP contribution >= 0.6 is 0 Å². The van der Waals surface area contributed by atoms with Crippen molar-refractivity contribution in [3.8, 4) is 0 Å². The molecular weight excluding hydrogens is 741 g/mol. The Bertz CT molecular complexity index is 1590. The van der Waals surface area contributed by atoms with E-state index in [1.54, 1.807) is 7.11 Å². The van der Waals surface area contributed by atoms with Gasteiger partial charge in [-0.2, -0.15) is 0 Å². The van der Waals surface area contributed by atoms with Crippen LogP contribution in [-0.4, -0.2) is 89.7 Å². The lowest BCUT2D eigenvalue weighted by Gasteiger charge is -2.47. The summed E-state index contributed by atoms with van der Waals surface area (Å²) in [4.78, 5) is 0. The molecule has 11 atom stereocenters. The Morgan fingerprint density at radius 1 is 0.596 bits per heavy atom. The molecule has 3 aromatic carbocycles. The van der Waals surface area contributed by atoms with Gasteiger partial charge in [0.15, 0.2) is 27.2 Å². The second-order valence-corrected chi connectivity index (χ2v) is 21.9. The Hall–Kier alpha value is -2.52. The van der Waals surface area contributed by atoms with Gasteiger partial charge >= 0.3 is 0 Å². The highest BCUT2D eigenvalue weighted by Crippen LogP contribution is 2.40. The van der Waals surface area contributed by atoms with E-state index in [9.17, 15) is 0 Å². The van der Waals surface area contributed by atoms with E-state index >= 15 is 0 Å². The molecule has 3 aromatic rings. The Morgan fingerprint density at radius 3 is 1.60 bits per heavy atom. The summed E-state index contributed by atoms with van der Waals surface area (Å²) in [5.74, 6) is 0. The SMILES string of the molecule is CO[C@H]1O[C@H](COCc2ccccc2)[C@@H](O[C@H]2CC[C@H](O[C@H]3CC[C@H](O[Si](C)(C)C(C)(C)C)[C@H](C)O3)[C@H](C)O2)[C@H](OCc2ccccc2)[C@H]1OCc1ccccc1. The number of hydrogen-bond donors (Lipinski definition) is 0. The fraction of sp³-hybridized carbons (Fsp3) is 0.609. The van der Waals surface area contributed by atoms with E-state index in [0.717, 1.165) is 36.0 Å². The minimum Gasteiger partial charge on any atom is -0.411 e. The normalized spacial score (nSPS) is 31.3. The topological polar surface area (TPSA) is 92.3 Å². The summed E-state index contributed by atoms with van der Waals surface area (Å²) >= 11 is 0. The lowest BCUT2D eigenvalue weighted by molar-refractivity contribution is -0.350. The van der Waals surface area contributed by atoms with Crippen molar-refractivity contribution in [3.63, 3.8) is 0 Å². The van der Waals surface area contributed by atoms with E-state index in [4.69, 9.17) is 47.1 Å². The summed E-state index contributed by atoms with van der Waals surface area (Å²) in [6.07, 6.45) is -1.21. The first-order chi connectivity index (χ1) is 27.4. The molecule has 6 rings (SSSR count). The van der Waals surface area contributed by atoms with Gasteiger partial charge in [0.2, 0.25) is 0 Å². The Balaban J connectivity index is 1.14. The molecule has 3 aliphatic rings. The molecular formula is C46H66O10Si. The highest BCUT2D eigenvalue weighted by atomic mass is 28.4. The molecule has 314 valence electrons. The van der Waals surface area contributed by atoms with Gasteiger partial charge < -0.3 is 47.1 Å². The average molecular weight is 807 g/mol. The predicted octanol–water partition coefficient (Wildman–Crippen LogP) is 8.96. The van der Waals surface area contributed by atoms with Crippen LogP contribution in [0.5, 0.6) is 0 Å². The monoisotopic (exact) mass is 806 g/mol. The minimum absolute atomic E-state index is 0.0538. The van der Waals surface area contributed by atoms with E-state index < -0.39 is 45.3 Å². The smallest absolute Gasteiger partial charge is 0.192 e. The van der Waals surface area contributed by atoms with Gasteiger partial charge in [0, 0.05) is 20.0 Å². The summed E-state index contributed by atoms with van der Waals surface area (Å²) in [5.41, 5.74) is 3.14. The molecule has 0 aromatic heterocycles. The van der Waals surface area contributed by atoms with E-state index in [-0.39, 0.29) is 42.4 Å². The number of ether oxygens (including phenoxy) is 9. The number of hydrogen-bond acceptors (Lipinski definition) is 10. The summed E-state index contributed by atoms with van der Waals surface area (Å²) in [6, 6.07) is 30.3. The second-order valence-electron chi connectivity index (χ2n) is 17.2. The average Bonchev–Trinajstić information content (AvgIpc) is 3.20. The molecule has 57 heavy (non-hydrogen) atoms. The minimum atomic E-state index is -1.92. The van der Waals surface area contributed by atoms with Crippen molar-refractivity contribution in [3.05, 3.63) is 108 Å². The number of benzene rings is 3. The zero-order valence-electron chi connectivity index (χ0n) is 35.3. The molecule has 0 amide bonds. The van der Waals surface area contributed by atoms with Crippen molar-refractivity contribution < 1.29 is 47.1 Å². The highest BCUT2D eigenvalue weighted by molar-refractivity contribution is 6.74. The summed E-state index contributed by atoms with van der Waals surface area (Å²) in [7, 11) is -0.288. The van der Waals surface area contributed by atoms with Gasteiger partial charge in [-0.25, -0.2) is 0 Å². The van der Waals surface area contributed by atoms with Crippen molar-refractivity contribution in [2.75, 3.05) is 13.7 Å². The largest absolute Gasteiger partial charge is 0.411 e. The van der Waals surface area contributed by atoms with Crippen LogP contribution in [0.2, 0.25) is 18.1 Å². The van der Waals surface area contributed by atoms with Gasteiger partial charge in [-0.05, 0) is 61.5 Å². The molecule has 0 saturated carbocycles. The fourth-order valence-corrected chi connectivity index (χ4v) is 8.87. The van der Waals surface area contributed by atoms with Crippen LogP contribution in [0, 0.1) is 0 Å². The Morgan fingerprint density at radius 2 is 1.09 bits per heavy atom. The standard InChI is InChI=1S/C46H66O10Si/c1-32-37(53-40-27-25-38(33(2)52-40)56-57(7,8)46(3,4)5)24-26-41(51-32)55-42-39(31-48-28-34-18-12-9-13-19-34)54-45(47-6)44(50-30-36-22-16-11-17-23-36)43(42)49-29-35-20-14-10-15-21-35/h9-23,32-33,37-45H,24-31H2,1-8H3/t32-,33-,37-,38-,39+,40-,41-,42+,43-,44+,45-/m0/s1. The van der Waals surface area contributed by atoms with Crippen molar-refractivity contribution in [2.45, 2.75) is 166 Å². The lowest BCUT2D eigenvalue weighted by atomic mass is 9.97. The molecule has 0 bridgehead atoms. The van der Waals surface area contributed by atoms with E-state index in [1.165, 1.54) is 0 Å². The fourth-order valence-electron chi connectivity index (χ4n) is 7.45. The van der Waals surface area contributed by atoms with Crippen molar-refractivity contribution in [1.82, 2.24) is 0 Å².